The third-order valence-electron chi connectivity index (χ3n) is 3.86. The highest BCUT2D eigenvalue weighted by molar-refractivity contribution is 6.40. The summed E-state index contributed by atoms with van der Waals surface area (Å²) in [4.78, 5) is 36.3. The van der Waals surface area contributed by atoms with E-state index in [-0.39, 0.29) is 30.3 Å². The molecule has 148 valence electrons. The second-order valence-electron chi connectivity index (χ2n) is 5.86. The molecule has 0 aliphatic rings. The average molecular weight is 385 g/mol. The molecule has 4 N–H and O–H groups in total. The molecule has 0 bridgehead atoms. The van der Waals surface area contributed by atoms with E-state index < -0.39 is 11.8 Å². The van der Waals surface area contributed by atoms with Crippen molar-refractivity contribution in [3.8, 4) is 5.75 Å². The first kappa shape index (κ1) is 20.9. The number of aliphatic hydroxyl groups excluding tert-OH is 1. The summed E-state index contributed by atoms with van der Waals surface area (Å²) in [6, 6.07) is 13.7. The summed E-state index contributed by atoms with van der Waals surface area (Å²) in [5.74, 6) is -1.37. The van der Waals surface area contributed by atoms with Gasteiger partial charge in [0.1, 0.15) is 5.75 Å². The first-order valence-corrected chi connectivity index (χ1v) is 8.75. The Kier molecular flexibility index (Phi) is 7.98. The molecule has 2 aromatic carbocycles. The minimum absolute atomic E-state index is 0.0842. The number of hydrogen-bond acceptors (Lipinski definition) is 5. The van der Waals surface area contributed by atoms with Crippen molar-refractivity contribution >= 4 is 23.4 Å². The molecule has 0 saturated carbocycles. The Balaban J connectivity index is 1.98. The quantitative estimate of drug-likeness (QED) is 0.401. The van der Waals surface area contributed by atoms with E-state index in [0.29, 0.717) is 13.0 Å². The van der Waals surface area contributed by atoms with Crippen LogP contribution in [0.5, 0.6) is 5.75 Å². The maximum Gasteiger partial charge on any atom is 0.313 e. The van der Waals surface area contributed by atoms with Crippen LogP contribution in [0.25, 0.3) is 0 Å². The zero-order valence-electron chi connectivity index (χ0n) is 15.5. The number of anilines is 1. The van der Waals surface area contributed by atoms with Gasteiger partial charge in [-0.15, -0.1) is 0 Å². The van der Waals surface area contributed by atoms with Crippen LogP contribution in [0.15, 0.2) is 48.5 Å². The number of ether oxygens (including phenoxy) is 1. The van der Waals surface area contributed by atoms with Gasteiger partial charge in [-0.2, -0.15) is 0 Å². The number of benzene rings is 2. The fourth-order valence-electron chi connectivity index (χ4n) is 2.35. The van der Waals surface area contributed by atoms with Crippen molar-refractivity contribution in [3.05, 3.63) is 59.7 Å². The van der Waals surface area contributed by atoms with Crippen LogP contribution in [0.1, 0.15) is 22.3 Å². The maximum absolute atomic E-state index is 12.5. The second kappa shape index (κ2) is 10.7. The Morgan fingerprint density at radius 1 is 0.964 bits per heavy atom. The van der Waals surface area contributed by atoms with E-state index >= 15 is 0 Å². The molecule has 0 aliphatic carbocycles. The van der Waals surface area contributed by atoms with Crippen LogP contribution in [0, 0.1) is 0 Å². The van der Waals surface area contributed by atoms with Crippen LogP contribution in [-0.2, 0) is 16.1 Å². The smallest absolute Gasteiger partial charge is 0.313 e. The van der Waals surface area contributed by atoms with E-state index in [1.165, 1.54) is 0 Å². The average Bonchev–Trinajstić information content (AvgIpc) is 2.72. The Bertz CT molecular complexity index is 821. The van der Waals surface area contributed by atoms with Gasteiger partial charge < -0.3 is 25.8 Å². The van der Waals surface area contributed by atoms with Gasteiger partial charge in [-0.05, 0) is 36.2 Å². The van der Waals surface area contributed by atoms with Crippen molar-refractivity contribution in [2.75, 3.05) is 25.6 Å². The molecule has 8 heteroatoms. The number of carbonyl (C=O) groups excluding carboxylic acids is 3. The molecule has 0 saturated heterocycles. The minimum Gasteiger partial charge on any atom is -0.497 e. The van der Waals surface area contributed by atoms with E-state index in [0.717, 1.165) is 11.3 Å². The Morgan fingerprint density at radius 3 is 2.36 bits per heavy atom. The monoisotopic (exact) mass is 385 g/mol. The molecule has 0 atom stereocenters. The molecular weight excluding hydrogens is 362 g/mol. The Labute approximate surface area is 162 Å². The zero-order valence-corrected chi connectivity index (χ0v) is 15.5. The van der Waals surface area contributed by atoms with Crippen molar-refractivity contribution in [1.82, 2.24) is 10.6 Å². The van der Waals surface area contributed by atoms with Gasteiger partial charge in [0.05, 0.1) is 18.4 Å². The van der Waals surface area contributed by atoms with Crippen LogP contribution in [-0.4, -0.2) is 43.1 Å². The fraction of sp³-hybridized carbons (Fsp3) is 0.250. The highest BCUT2D eigenvalue weighted by Crippen LogP contribution is 2.16. The van der Waals surface area contributed by atoms with E-state index in [1.54, 1.807) is 43.5 Å². The number of aliphatic hydroxyl groups is 1. The van der Waals surface area contributed by atoms with Gasteiger partial charge in [-0.3, -0.25) is 14.4 Å². The lowest BCUT2D eigenvalue weighted by Crippen LogP contribution is -2.36. The van der Waals surface area contributed by atoms with E-state index in [2.05, 4.69) is 16.0 Å². The zero-order chi connectivity index (χ0) is 20.4. The molecule has 2 rings (SSSR count). The molecule has 2 aromatic rings. The molecule has 28 heavy (non-hydrogen) atoms. The maximum atomic E-state index is 12.5. The van der Waals surface area contributed by atoms with Crippen molar-refractivity contribution < 1.29 is 24.2 Å². The topological polar surface area (TPSA) is 117 Å². The molecule has 0 radical (unpaired) electrons. The molecule has 0 heterocycles. The summed E-state index contributed by atoms with van der Waals surface area (Å²) in [6.07, 6.45) is 0.351. The van der Waals surface area contributed by atoms with Crippen molar-refractivity contribution in [2.45, 2.75) is 13.0 Å². The summed E-state index contributed by atoms with van der Waals surface area (Å²) in [7, 11) is 1.58. The van der Waals surface area contributed by atoms with Crippen molar-refractivity contribution in [2.24, 2.45) is 0 Å². The molecule has 8 nitrogen and oxygen atoms in total. The molecule has 0 aromatic heterocycles. The summed E-state index contributed by atoms with van der Waals surface area (Å²) in [5.41, 5.74) is 1.36. The lowest BCUT2D eigenvalue weighted by atomic mass is 10.1. The number of hydrogen-bond donors (Lipinski definition) is 4. The number of methoxy groups -OCH3 is 1. The second-order valence-corrected chi connectivity index (χ2v) is 5.86. The van der Waals surface area contributed by atoms with Crippen LogP contribution in [0.4, 0.5) is 5.69 Å². The van der Waals surface area contributed by atoms with Gasteiger partial charge in [0.2, 0.25) is 0 Å². The standard InChI is InChI=1S/C20H23N3O5/c1-28-15-9-7-14(8-10-15)13-22-18(25)16-5-2-3-6-17(16)23-20(27)19(26)21-11-4-12-24/h2-3,5-10,24H,4,11-13H2,1H3,(H,21,26)(H,22,25)(H,23,27). The van der Waals surface area contributed by atoms with E-state index in [4.69, 9.17) is 9.84 Å². The van der Waals surface area contributed by atoms with Gasteiger partial charge in [0.15, 0.2) is 0 Å². The molecule has 0 unspecified atom stereocenters. The Morgan fingerprint density at radius 2 is 1.68 bits per heavy atom. The van der Waals surface area contributed by atoms with Gasteiger partial charge >= 0.3 is 11.8 Å². The summed E-state index contributed by atoms with van der Waals surface area (Å²) in [6.45, 7) is 0.401. The molecule has 0 spiro atoms. The molecule has 0 fully saturated rings. The third kappa shape index (κ3) is 6.10. The van der Waals surface area contributed by atoms with Crippen LogP contribution in [0.2, 0.25) is 0 Å². The normalized spacial score (nSPS) is 10.1. The summed E-state index contributed by atoms with van der Waals surface area (Å²) >= 11 is 0. The highest BCUT2D eigenvalue weighted by atomic mass is 16.5. The molecule has 3 amide bonds. The first-order valence-electron chi connectivity index (χ1n) is 8.75. The largest absolute Gasteiger partial charge is 0.497 e. The van der Waals surface area contributed by atoms with Crippen molar-refractivity contribution in [1.29, 1.82) is 0 Å². The predicted octanol–water partition coefficient (Wildman–Crippen LogP) is 1.06. The van der Waals surface area contributed by atoms with Crippen LogP contribution >= 0.6 is 0 Å². The van der Waals surface area contributed by atoms with E-state index in [9.17, 15) is 14.4 Å². The number of amides is 3. The lowest BCUT2D eigenvalue weighted by molar-refractivity contribution is -0.136. The fourth-order valence-corrected chi connectivity index (χ4v) is 2.35. The van der Waals surface area contributed by atoms with Crippen molar-refractivity contribution in [3.63, 3.8) is 0 Å². The van der Waals surface area contributed by atoms with Gasteiger partial charge in [-0.25, -0.2) is 0 Å². The highest BCUT2D eigenvalue weighted by Gasteiger charge is 2.17. The first-order chi connectivity index (χ1) is 13.5. The van der Waals surface area contributed by atoms with Gasteiger partial charge in [-0.1, -0.05) is 24.3 Å². The number of rotatable bonds is 8. The Hall–Kier alpha value is -3.39. The lowest BCUT2D eigenvalue weighted by Gasteiger charge is -2.12. The summed E-state index contributed by atoms with van der Waals surface area (Å²) < 4.78 is 5.09. The predicted molar refractivity (Wildman–Crippen MR) is 104 cm³/mol. The molecular formula is C20H23N3O5. The number of nitrogens with one attached hydrogen (secondary N) is 3. The number of para-hydroxylation sites is 1. The van der Waals surface area contributed by atoms with E-state index in [1.807, 2.05) is 12.1 Å². The minimum atomic E-state index is -0.881. The SMILES string of the molecule is COc1ccc(CNC(=O)c2ccccc2NC(=O)C(=O)NCCCO)cc1. The number of carbonyl (C=O) groups is 3. The van der Waals surface area contributed by atoms with Crippen LogP contribution in [0.3, 0.4) is 0 Å². The van der Waals surface area contributed by atoms with Gasteiger partial charge in [0.25, 0.3) is 5.91 Å². The molecule has 0 aliphatic heterocycles. The van der Waals surface area contributed by atoms with Gasteiger partial charge in [0, 0.05) is 19.7 Å². The van der Waals surface area contributed by atoms with Crippen LogP contribution < -0.4 is 20.7 Å². The summed E-state index contributed by atoms with van der Waals surface area (Å²) in [5, 5.41) is 16.3. The third-order valence-corrected chi connectivity index (χ3v) is 3.86.